The lowest BCUT2D eigenvalue weighted by Crippen LogP contribution is -2.56. The average molecular weight is 241 g/mol. The maximum Gasteiger partial charge on any atom is 0.327 e. The van der Waals surface area contributed by atoms with E-state index in [9.17, 15) is 9.59 Å². The summed E-state index contributed by atoms with van der Waals surface area (Å²) >= 11 is 0. The number of hydrogen-bond acceptors (Lipinski definition) is 6. The van der Waals surface area contributed by atoms with Crippen LogP contribution < -0.4 is 0 Å². The predicted molar refractivity (Wildman–Crippen MR) is 61.5 cm³/mol. The summed E-state index contributed by atoms with van der Waals surface area (Å²) in [4.78, 5) is 28.7. The summed E-state index contributed by atoms with van der Waals surface area (Å²) in [6.45, 7) is 4.23. The van der Waals surface area contributed by atoms with Crippen LogP contribution in [0.3, 0.4) is 0 Å². The molecule has 2 aliphatic heterocycles. The number of morpholine rings is 1. The fourth-order valence-corrected chi connectivity index (χ4v) is 2.34. The number of rotatable bonds is 2. The summed E-state index contributed by atoms with van der Waals surface area (Å²) in [5.41, 5.74) is 0. The quantitative estimate of drug-likeness (QED) is 0.439. The lowest BCUT2D eigenvalue weighted by molar-refractivity contribution is -0.167. The van der Waals surface area contributed by atoms with Crippen LogP contribution in [-0.4, -0.2) is 86.0 Å². The molecule has 6 nitrogen and oxygen atoms in total. The molecular weight excluding hydrogens is 222 g/mol. The maximum atomic E-state index is 11.2. The molecule has 0 spiro atoms. The highest BCUT2D eigenvalue weighted by Gasteiger charge is 2.29. The van der Waals surface area contributed by atoms with Gasteiger partial charge in [-0.2, -0.15) is 0 Å². The van der Waals surface area contributed by atoms with Crippen LogP contribution in [0.1, 0.15) is 0 Å². The number of carbonyl (C=O) groups excluding carboxylic acids is 2. The third kappa shape index (κ3) is 3.24. The van der Waals surface area contributed by atoms with Crippen LogP contribution in [0.25, 0.3) is 0 Å². The van der Waals surface area contributed by atoms with Gasteiger partial charge in [-0.05, 0) is 14.1 Å². The number of ether oxygens (including phenoxy) is 1. The Morgan fingerprint density at radius 2 is 1.82 bits per heavy atom. The van der Waals surface area contributed by atoms with Gasteiger partial charge in [0.15, 0.2) is 0 Å². The standard InChI is InChI=1S/C11H19N3O3/c1-12-3-4-13(2)9(5-12)6-14-7-10(15)17-11(16)8-14/h9H,3-8H2,1-2H3. The van der Waals surface area contributed by atoms with E-state index < -0.39 is 11.9 Å². The number of likely N-dealkylation sites (N-methyl/N-ethyl adjacent to an activating group) is 2. The van der Waals surface area contributed by atoms with Gasteiger partial charge in [0.2, 0.25) is 0 Å². The monoisotopic (exact) mass is 241 g/mol. The SMILES string of the molecule is CN1CCN(C)C(CN2CC(=O)OC(=O)C2)C1. The Labute approximate surface area is 101 Å². The molecule has 0 radical (unpaired) electrons. The van der Waals surface area contributed by atoms with E-state index in [1.54, 1.807) is 0 Å². The van der Waals surface area contributed by atoms with E-state index in [0.29, 0.717) is 6.04 Å². The molecule has 96 valence electrons. The summed E-state index contributed by atoms with van der Waals surface area (Å²) in [6.07, 6.45) is 0. The highest BCUT2D eigenvalue weighted by atomic mass is 16.6. The highest BCUT2D eigenvalue weighted by Crippen LogP contribution is 2.09. The second-order valence-corrected chi connectivity index (χ2v) is 4.91. The first-order valence-corrected chi connectivity index (χ1v) is 5.89. The van der Waals surface area contributed by atoms with Crippen LogP contribution in [0.15, 0.2) is 0 Å². The third-order valence-electron chi connectivity index (χ3n) is 3.38. The maximum absolute atomic E-state index is 11.2. The van der Waals surface area contributed by atoms with Crippen LogP contribution in [0.5, 0.6) is 0 Å². The van der Waals surface area contributed by atoms with Crippen molar-refractivity contribution in [3.05, 3.63) is 0 Å². The van der Waals surface area contributed by atoms with Gasteiger partial charge < -0.3 is 9.64 Å². The molecular formula is C11H19N3O3. The fraction of sp³-hybridized carbons (Fsp3) is 0.818. The van der Waals surface area contributed by atoms with E-state index in [1.807, 2.05) is 4.90 Å². The van der Waals surface area contributed by atoms with E-state index in [-0.39, 0.29) is 13.1 Å². The molecule has 17 heavy (non-hydrogen) atoms. The molecule has 2 aliphatic rings. The number of piperazine rings is 1. The summed E-state index contributed by atoms with van der Waals surface area (Å²) in [7, 11) is 4.18. The molecule has 2 saturated heterocycles. The second-order valence-electron chi connectivity index (χ2n) is 4.91. The van der Waals surface area contributed by atoms with Gasteiger partial charge >= 0.3 is 11.9 Å². The molecule has 0 aliphatic carbocycles. The molecule has 0 saturated carbocycles. The molecule has 0 amide bonds. The van der Waals surface area contributed by atoms with Gasteiger partial charge in [0, 0.05) is 32.2 Å². The summed E-state index contributed by atoms with van der Waals surface area (Å²) in [5, 5.41) is 0. The first-order chi connectivity index (χ1) is 8.04. The minimum atomic E-state index is -0.437. The van der Waals surface area contributed by atoms with Gasteiger partial charge in [-0.3, -0.25) is 19.4 Å². The summed E-state index contributed by atoms with van der Waals surface area (Å²) in [6, 6.07) is 0.368. The molecule has 0 N–H and O–H groups in total. The van der Waals surface area contributed by atoms with E-state index >= 15 is 0 Å². The molecule has 2 fully saturated rings. The van der Waals surface area contributed by atoms with Gasteiger partial charge in [-0.15, -0.1) is 0 Å². The number of cyclic esters (lactones) is 2. The highest BCUT2D eigenvalue weighted by molar-refractivity contribution is 5.90. The van der Waals surface area contributed by atoms with Gasteiger partial charge in [-0.1, -0.05) is 0 Å². The Morgan fingerprint density at radius 1 is 1.18 bits per heavy atom. The van der Waals surface area contributed by atoms with Gasteiger partial charge in [0.25, 0.3) is 0 Å². The van der Waals surface area contributed by atoms with Gasteiger partial charge in [0.1, 0.15) is 0 Å². The number of nitrogens with zero attached hydrogens (tertiary/aromatic N) is 3. The van der Waals surface area contributed by atoms with Crippen LogP contribution in [0.2, 0.25) is 0 Å². The van der Waals surface area contributed by atoms with Crippen molar-refractivity contribution in [2.75, 3.05) is 53.4 Å². The Hall–Kier alpha value is -0.980. The summed E-state index contributed by atoms with van der Waals surface area (Å²) < 4.78 is 4.51. The number of hydrogen-bond donors (Lipinski definition) is 0. The minimum absolute atomic E-state index is 0.222. The van der Waals surface area contributed by atoms with E-state index in [4.69, 9.17) is 0 Å². The normalized spacial score (nSPS) is 29.4. The molecule has 2 heterocycles. The Bertz CT molecular complexity index is 305. The Kier molecular flexibility index (Phi) is 3.76. The first-order valence-electron chi connectivity index (χ1n) is 5.89. The Balaban J connectivity index is 1.90. The minimum Gasteiger partial charge on any atom is -0.391 e. The number of carbonyl (C=O) groups is 2. The van der Waals surface area contributed by atoms with E-state index in [1.165, 1.54) is 0 Å². The van der Waals surface area contributed by atoms with Crippen molar-refractivity contribution < 1.29 is 14.3 Å². The van der Waals surface area contributed by atoms with Crippen molar-refractivity contribution in [3.63, 3.8) is 0 Å². The van der Waals surface area contributed by atoms with Gasteiger partial charge in [0.05, 0.1) is 13.1 Å². The molecule has 2 rings (SSSR count). The van der Waals surface area contributed by atoms with Crippen molar-refractivity contribution >= 4 is 11.9 Å². The zero-order chi connectivity index (χ0) is 12.4. The smallest absolute Gasteiger partial charge is 0.327 e. The van der Waals surface area contributed by atoms with Crippen molar-refractivity contribution in [2.24, 2.45) is 0 Å². The largest absolute Gasteiger partial charge is 0.391 e. The van der Waals surface area contributed by atoms with Crippen LogP contribution >= 0.6 is 0 Å². The molecule has 0 aromatic carbocycles. The average Bonchev–Trinajstić information content (AvgIpc) is 2.22. The zero-order valence-electron chi connectivity index (χ0n) is 10.4. The van der Waals surface area contributed by atoms with Gasteiger partial charge in [-0.25, -0.2) is 0 Å². The predicted octanol–water partition coefficient (Wildman–Crippen LogP) is -1.38. The van der Waals surface area contributed by atoms with Crippen molar-refractivity contribution in [3.8, 4) is 0 Å². The zero-order valence-corrected chi connectivity index (χ0v) is 10.4. The molecule has 0 aromatic rings. The lowest BCUT2D eigenvalue weighted by atomic mass is 10.1. The van der Waals surface area contributed by atoms with E-state index in [2.05, 4.69) is 28.6 Å². The van der Waals surface area contributed by atoms with Crippen molar-refractivity contribution in [2.45, 2.75) is 6.04 Å². The second kappa shape index (κ2) is 5.12. The van der Waals surface area contributed by atoms with E-state index in [0.717, 1.165) is 26.2 Å². The lowest BCUT2D eigenvalue weighted by Gasteiger charge is -2.40. The molecule has 1 atom stereocenters. The molecule has 0 aromatic heterocycles. The summed E-state index contributed by atoms with van der Waals surface area (Å²) in [5.74, 6) is -0.874. The topological polar surface area (TPSA) is 53.1 Å². The van der Waals surface area contributed by atoms with Crippen molar-refractivity contribution in [1.82, 2.24) is 14.7 Å². The van der Waals surface area contributed by atoms with Crippen LogP contribution in [-0.2, 0) is 14.3 Å². The number of esters is 2. The Morgan fingerprint density at radius 3 is 2.47 bits per heavy atom. The first kappa shape index (κ1) is 12.5. The van der Waals surface area contributed by atoms with Crippen molar-refractivity contribution in [1.29, 1.82) is 0 Å². The van der Waals surface area contributed by atoms with Crippen LogP contribution in [0, 0.1) is 0 Å². The fourth-order valence-electron chi connectivity index (χ4n) is 2.34. The molecule has 0 bridgehead atoms. The van der Waals surface area contributed by atoms with Crippen LogP contribution in [0.4, 0.5) is 0 Å². The molecule has 1 unspecified atom stereocenters. The molecule has 6 heteroatoms. The third-order valence-corrected chi connectivity index (χ3v) is 3.38.